The minimum Gasteiger partial charge on any atom is -0.445 e. The van der Waals surface area contributed by atoms with E-state index < -0.39 is 59.5 Å². The van der Waals surface area contributed by atoms with E-state index in [2.05, 4.69) is 26.0 Å². The monoisotopic (exact) mass is 453 g/mol. The van der Waals surface area contributed by atoms with Crippen molar-refractivity contribution in [1.29, 1.82) is 0 Å². The lowest BCUT2D eigenvalue weighted by Gasteiger charge is -2.27. The largest absolute Gasteiger partial charge is 0.445 e. The SMILES string of the molecule is CCC(=O)NCC(C(=O)N[C@@H](C)C(=O)N[C@@H](C)C(=O)NCOC(C)=O)N1C(=O)C=CC1=O. The number of hydrogen-bond acceptors (Lipinski definition) is 8. The standard InChI is InChI=1S/C19H27N5O8/c1-5-14(26)20-8-13(24-15(27)6-7-16(24)28)19(31)23-11(3)18(30)22-10(2)17(29)21-9-32-12(4)25/h6-7,10-11,13H,5,8-9H2,1-4H3,(H,20,26)(H,21,29)(H,22,30)(H,23,31)/t10-,11-,13?/m0/s1. The molecule has 0 bridgehead atoms. The number of carbonyl (C=O) groups excluding carboxylic acids is 7. The average Bonchev–Trinajstić information content (AvgIpc) is 3.05. The Bertz CT molecular complexity index is 807. The van der Waals surface area contributed by atoms with E-state index in [-0.39, 0.29) is 19.7 Å². The molecule has 176 valence electrons. The van der Waals surface area contributed by atoms with E-state index in [9.17, 15) is 33.6 Å². The topological polar surface area (TPSA) is 180 Å². The van der Waals surface area contributed by atoms with Crippen LogP contribution in [0.4, 0.5) is 0 Å². The van der Waals surface area contributed by atoms with Crippen molar-refractivity contribution in [2.24, 2.45) is 0 Å². The molecule has 0 aliphatic carbocycles. The zero-order valence-corrected chi connectivity index (χ0v) is 18.2. The number of ether oxygens (including phenoxy) is 1. The minimum absolute atomic E-state index is 0.130. The Balaban J connectivity index is 2.73. The molecule has 13 nitrogen and oxygen atoms in total. The Labute approximate surface area is 184 Å². The predicted octanol–water partition coefficient (Wildman–Crippen LogP) is -2.55. The van der Waals surface area contributed by atoms with Gasteiger partial charge in [0.05, 0.1) is 0 Å². The van der Waals surface area contributed by atoms with Gasteiger partial charge in [-0.05, 0) is 13.8 Å². The van der Waals surface area contributed by atoms with Gasteiger partial charge in [0, 0.05) is 32.0 Å². The molecule has 0 saturated carbocycles. The molecule has 0 radical (unpaired) electrons. The first-order valence-electron chi connectivity index (χ1n) is 9.81. The minimum atomic E-state index is -1.37. The number of nitrogens with one attached hydrogen (secondary N) is 4. The molecule has 0 fully saturated rings. The number of hydrogen-bond donors (Lipinski definition) is 4. The van der Waals surface area contributed by atoms with Gasteiger partial charge in [-0.25, -0.2) is 0 Å². The average molecular weight is 453 g/mol. The van der Waals surface area contributed by atoms with Crippen molar-refractivity contribution in [3.8, 4) is 0 Å². The summed E-state index contributed by atoms with van der Waals surface area (Å²) in [4.78, 5) is 83.9. The third-order valence-corrected chi connectivity index (χ3v) is 4.30. The van der Waals surface area contributed by atoms with Crippen LogP contribution >= 0.6 is 0 Å². The van der Waals surface area contributed by atoms with Gasteiger partial charge >= 0.3 is 5.97 Å². The molecule has 32 heavy (non-hydrogen) atoms. The molecule has 1 heterocycles. The van der Waals surface area contributed by atoms with Crippen LogP contribution in [0.15, 0.2) is 12.2 Å². The first kappa shape index (κ1) is 26.3. The number of esters is 1. The molecular formula is C19H27N5O8. The van der Waals surface area contributed by atoms with Crippen LogP contribution < -0.4 is 21.3 Å². The van der Waals surface area contributed by atoms with Gasteiger partial charge in [-0.3, -0.25) is 38.5 Å². The molecule has 1 rings (SSSR count). The van der Waals surface area contributed by atoms with E-state index in [1.54, 1.807) is 6.92 Å². The highest BCUT2D eigenvalue weighted by molar-refractivity contribution is 6.15. The molecule has 13 heteroatoms. The number of imide groups is 1. The number of nitrogens with zero attached hydrogens (tertiary/aromatic N) is 1. The van der Waals surface area contributed by atoms with Crippen molar-refractivity contribution in [3.63, 3.8) is 0 Å². The van der Waals surface area contributed by atoms with Crippen LogP contribution in [0.2, 0.25) is 0 Å². The molecule has 0 aromatic carbocycles. The van der Waals surface area contributed by atoms with Crippen LogP contribution in [0.1, 0.15) is 34.1 Å². The first-order valence-corrected chi connectivity index (χ1v) is 9.81. The second-order valence-corrected chi connectivity index (χ2v) is 6.84. The van der Waals surface area contributed by atoms with Crippen LogP contribution in [0.5, 0.6) is 0 Å². The summed E-state index contributed by atoms with van der Waals surface area (Å²) in [6, 6.07) is -3.53. The van der Waals surface area contributed by atoms with E-state index in [4.69, 9.17) is 0 Å². The Morgan fingerprint density at radius 1 is 0.906 bits per heavy atom. The van der Waals surface area contributed by atoms with Gasteiger partial charge in [-0.15, -0.1) is 0 Å². The Morgan fingerprint density at radius 3 is 1.97 bits per heavy atom. The molecule has 6 amide bonds. The van der Waals surface area contributed by atoms with Crippen molar-refractivity contribution in [2.45, 2.75) is 52.2 Å². The lowest BCUT2D eigenvalue weighted by Crippen LogP contribution is -2.58. The van der Waals surface area contributed by atoms with Crippen molar-refractivity contribution in [2.75, 3.05) is 13.3 Å². The van der Waals surface area contributed by atoms with Crippen molar-refractivity contribution in [1.82, 2.24) is 26.2 Å². The summed E-state index contributed by atoms with van der Waals surface area (Å²) in [6.45, 7) is 4.78. The Hall–Kier alpha value is -3.77. The van der Waals surface area contributed by atoms with Crippen LogP contribution in [0, 0.1) is 0 Å². The van der Waals surface area contributed by atoms with Crippen LogP contribution in [0.25, 0.3) is 0 Å². The normalized spacial score (nSPS) is 15.4. The zero-order valence-electron chi connectivity index (χ0n) is 18.2. The third kappa shape index (κ3) is 7.81. The quantitative estimate of drug-likeness (QED) is 0.150. The second-order valence-electron chi connectivity index (χ2n) is 6.84. The molecule has 4 N–H and O–H groups in total. The summed E-state index contributed by atoms with van der Waals surface area (Å²) in [5.74, 6) is -4.63. The van der Waals surface area contributed by atoms with Gasteiger partial charge < -0.3 is 26.0 Å². The molecule has 0 aromatic rings. The van der Waals surface area contributed by atoms with Gasteiger partial charge in [0.15, 0.2) is 6.73 Å². The fourth-order valence-corrected chi connectivity index (χ4v) is 2.50. The van der Waals surface area contributed by atoms with Gasteiger partial charge in [0.25, 0.3) is 11.8 Å². The predicted molar refractivity (Wildman–Crippen MR) is 108 cm³/mol. The van der Waals surface area contributed by atoms with E-state index >= 15 is 0 Å². The van der Waals surface area contributed by atoms with Crippen molar-refractivity contribution in [3.05, 3.63) is 12.2 Å². The molecule has 1 aliphatic heterocycles. The molecule has 1 unspecified atom stereocenters. The van der Waals surface area contributed by atoms with Crippen LogP contribution in [-0.4, -0.2) is 77.7 Å². The Kier molecular flexibility index (Phi) is 9.99. The highest BCUT2D eigenvalue weighted by Gasteiger charge is 2.37. The first-order chi connectivity index (χ1) is 15.0. The van der Waals surface area contributed by atoms with E-state index in [0.717, 1.165) is 12.2 Å². The summed E-state index contributed by atoms with van der Waals surface area (Å²) in [6.07, 6.45) is 2.12. The molecule has 3 atom stereocenters. The maximum Gasteiger partial charge on any atom is 0.304 e. The zero-order chi connectivity index (χ0) is 24.4. The molecular weight excluding hydrogens is 426 g/mol. The van der Waals surface area contributed by atoms with Gasteiger partial charge in [-0.1, -0.05) is 6.92 Å². The summed E-state index contributed by atoms with van der Waals surface area (Å²) in [5.41, 5.74) is 0. The maximum atomic E-state index is 12.7. The maximum absolute atomic E-state index is 12.7. The van der Waals surface area contributed by atoms with Crippen molar-refractivity contribution < 1.29 is 38.3 Å². The summed E-state index contributed by atoms with van der Waals surface area (Å²) < 4.78 is 4.57. The fraction of sp³-hybridized carbons (Fsp3) is 0.526. The molecule has 1 aliphatic rings. The molecule has 0 spiro atoms. The summed E-state index contributed by atoms with van der Waals surface area (Å²) >= 11 is 0. The smallest absolute Gasteiger partial charge is 0.304 e. The summed E-state index contributed by atoms with van der Waals surface area (Å²) in [5, 5.41) is 9.47. The molecule has 0 saturated heterocycles. The highest BCUT2D eigenvalue weighted by atomic mass is 16.5. The third-order valence-electron chi connectivity index (χ3n) is 4.30. The number of amides is 6. The highest BCUT2D eigenvalue weighted by Crippen LogP contribution is 2.10. The number of carbonyl (C=O) groups is 7. The Morgan fingerprint density at radius 2 is 1.44 bits per heavy atom. The lowest BCUT2D eigenvalue weighted by atomic mass is 10.2. The lowest BCUT2D eigenvalue weighted by molar-refractivity contribution is -0.146. The van der Waals surface area contributed by atoms with Crippen LogP contribution in [0.3, 0.4) is 0 Å². The molecule has 0 aromatic heterocycles. The van der Waals surface area contributed by atoms with Gasteiger partial charge in [-0.2, -0.15) is 0 Å². The fourth-order valence-electron chi connectivity index (χ4n) is 2.50. The summed E-state index contributed by atoms with van der Waals surface area (Å²) in [7, 11) is 0. The van der Waals surface area contributed by atoms with E-state index in [1.165, 1.54) is 20.8 Å². The number of rotatable bonds is 11. The van der Waals surface area contributed by atoms with E-state index in [1.807, 2.05) is 0 Å². The van der Waals surface area contributed by atoms with Crippen LogP contribution in [-0.2, 0) is 38.3 Å². The van der Waals surface area contributed by atoms with E-state index in [0.29, 0.717) is 4.90 Å². The second kappa shape index (κ2) is 12.2. The van der Waals surface area contributed by atoms with Gasteiger partial charge in [0.1, 0.15) is 18.1 Å². The van der Waals surface area contributed by atoms with Gasteiger partial charge in [0.2, 0.25) is 23.6 Å². The van der Waals surface area contributed by atoms with Crippen molar-refractivity contribution >= 4 is 41.4 Å².